The quantitative estimate of drug-likeness (QED) is 0.421. The Bertz CT molecular complexity index is 1600. The molecular formula is C26H27N5O3S3. The molecule has 0 spiro atoms. The van der Waals surface area contributed by atoms with E-state index in [-0.39, 0.29) is 16.2 Å². The monoisotopic (exact) mass is 553 g/mol. The highest BCUT2D eigenvalue weighted by molar-refractivity contribution is 8.04. The standard InChI is InChI=1S/C26H27N5O3S3/c1-26(2,3)30-37(33,34)16-9-7-15(8-10-16)21-12-17-23(36-21)18(14-28-24(17)27)25(32)29-22-13-19-20(35-22)6-5-11-31(19)4/h5-14,22,30H,1-4H3,(H2,27,28)(H,29,32). The molecule has 0 saturated carbocycles. The number of hydrogen-bond acceptors (Lipinski definition) is 8. The fraction of sp³-hybridized carbons (Fsp3) is 0.231. The Kier molecular flexibility index (Phi) is 6.43. The molecule has 0 aliphatic carbocycles. The van der Waals surface area contributed by atoms with Gasteiger partial charge in [0.2, 0.25) is 10.0 Å². The van der Waals surface area contributed by atoms with Gasteiger partial charge in [0.1, 0.15) is 11.2 Å². The fourth-order valence-electron chi connectivity index (χ4n) is 4.10. The third-order valence-corrected chi connectivity index (χ3v) is 9.84. The van der Waals surface area contributed by atoms with Gasteiger partial charge in [0.05, 0.1) is 20.9 Å². The van der Waals surface area contributed by atoms with Crippen molar-refractivity contribution in [3.8, 4) is 10.4 Å². The number of rotatable bonds is 5. The number of benzene rings is 1. The summed E-state index contributed by atoms with van der Waals surface area (Å²) in [4.78, 5) is 21.7. The van der Waals surface area contributed by atoms with Gasteiger partial charge in [-0.05, 0) is 62.8 Å². The van der Waals surface area contributed by atoms with Crippen molar-refractivity contribution < 1.29 is 13.2 Å². The molecule has 0 radical (unpaired) electrons. The minimum absolute atomic E-state index is 0.188. The van der Waals surface area contributed by atoms with E-state index in [0.29, 0.717) is 16.8 Å². The molecule has 11 heteroatoms. The molecule has 4 N–H and O–H groups in total. The van der Waals surface area contributed by atoms with Gasteiger partial charge < -0.3 is 16.0 Å². The highest BCUT2D eigenvalue weighted by Gasteiger charge is 2.27. The molecule has 1 unspecified atom stereocenters. The number of fused-ring (bicyclic) bond motifs is 2. The van der Waals surface area contributed by atoms with Crippen molar-refractivity contribution in [3.63, 3.8) is 0 Å². The van der Waals surface area contributed by atoms with E-state index in [1.165, 1.54) is 17.5 Å². The van der Waals surface area contributed by atoms with Crippen LogP contribution in [0.3, 0.4) is 0 Å². The number of carbonyl (C=O) groups excluding carboxylic acids is 1. The van der Waals surface area contributed by atoms with Crippen molar-refractivity contribution in [1.29, 1.82) is 0 Å². The highest BCUT2D eigenvalue weighted by atomic mass is 32.2. The third kappa shape index (κ3) is 5.17. The van der Waals surface area contributed by atoms with E-state index in [9.17, 15) is 13.2 Å². The number of thioether (sulfide) groups is 1. The number of hydrogen-bond donors (Lipinski definition) is 3. The maximum atomic E-state index is 13.3. The number of nitrogens with one attached hydrogen (secondary N) is 2. The molecule has 192 valence electrons. The molecule has 1 aromatic carbocycles. The summed E-state index contributed by atoms with van der Waals surface area (Å²) < 4.78 is 28.7. The summed E-state index contributed by atoms with van der Waals surface area (Å²) in [6.07, 6.45) is 9.53. The molecule has 0 fully saturated rings. The van der Waals surface area contributed by atoms with Crippen LogP contribution in [-0.2, 0) is 10.0 Å². The van der Waals surface area contributed by atoms with E-state index in [0.717, 1.165) is 25.7 Å². The first-order chi connectivity index (χ1) is 17.4. The maximum absolute atomic E-state index is 13.3. The number of sulfonamides is 1. The SMILES string of the molecule is CN1C=CC=C2SC(NC(=O)c3cnc(N)c4cc(-c5ccc(S(=O)(=O)NC(C)(C)C)cc5)sc34)C=C21. The van der Waals surface area contributed by atoms with Crippen molar-refractivity contribution >= 4 is 54.9 Å². The number of nitrogens with zero attached hydrogens (tertiary/aromatic N) is 2. The number of aromatic nitrogens is 1. The van der Waals surface area contributed by atoms with E-state index in [1.54, 1.807) is 56.8 Å². The zero-order chi connectivity index (χ0) is 26.5. The first kappa shape index (κ1) is 25.5. The molecule has 2 aliphatic heterocycles. The number of thiophene rings is 1. The van der Waals surface area contributed by atoms with Gasteiger partial charge >= 0.3 is 0 Å². The van der Waals surface area contributed by atoms with Gasteiger partial charge in [-0.25, -0.2) is 18.1 Å². The maximum Gasteiger partial charge on any atom is 0.255 e. The van der Waals surface area contributed by atoms with E-state index in [4.69, 9.17) is 5.73 Å². The molecule has 5 rings (SSSR count). The summed E-state index contributed by atoms with van der Waals surface area (Å²) in [5.74, 6) is 0.105. The van der Waals surface area contributed by atoms with Crippen molar-refractivity contribution in [1.82, 2.24) is 19.9 Å². The molecular weight excluding hydrogens is 527 g/mol. The molecule has 0 saturated heterocycles. The number of nitrogen functional groups attached to an aromatic ring is 1. The van der Waals surface area contributed by atoms with Crippen LogP contribution in [0.2, 0.25) is 0 Å². The Labute approximate surface area is 224 Å². The zero-order valence-electron chi connectivity index (χ0n) is 20.8. The number of allylic oxidation sites excluding steroid dienone is 2. The van der Waals surface area contributed by atoms with Gasteiger partial charge in [0, 0.05) is 40.2 Å². The van der Waals surface area contributed by atoms with Gasteiger partial charge in [-0.2, -0.15) is 0 Å². The van der Waals surface area contributed by atoms with Gasteiger partial charge in [-0.3, -0.25) is 4.79 Å². The molecule has 1 amide bonds. The van der Waals surface area contributed by atoms with Crippen LogP contribution in [0, 0.1) is 0 Å². The number of nitrogens with two attached hydrogens (primary N) is 1. The molecule has 1 atom stereocenters. The van der Waals surface area contributed by atoms with Crippen molar-refractivity contribution in [3.05, 3.63) is 77.1 Å². The van der Waals surface area contributed by atoms with Crippen LogP contribution in [0.25, 0.3) is 20.5 Å². The number of carbonyl (C=O) groups is 1. The lowest BCUT2D eigenvalue weighted by Crippen LogP contribution is -2.40. The normalized spacial score (nSPS) is 17.5. The minimum Gasteiger partial charge on any atom is -0.383 e. The summed E-state index contributed by atoms with van der Waals surface area (Å²) in [5, 5.41) is 3.58. The first-order valence-electron chi connectivity index (χ1n) is 11.5. The van der Waals surface area contributed by atoms with E-state index < -0.39 is 15.6 Å². The topological polar surface area (TPSA) is 117 Å². The molecule has 8 nitrogen and oxygen atoms in total. The van der Waals surface area contributed by atoms with Crippen LogP contribution in [0.15, 0.2) is 76.5 Å². The van der Waals surface area contributed by atoms with Gasteiger partial charge in [0.25, 0.3) is 5.91 Å². The Morgan fingerprint density at radius 2 is 1.92 bits per heavy atom. The van der Waals surface area contributed by atoms with E-state index >= 15 is 0 Å². The van der Waals surface area contributed by atoms with Crippen molar-refractivity contribution in [2.24, 2.45) is 0 Å². The number of amides is 1. The van der Waals surface area contributed by atoms with Crippen molar-refractivity contribution in [2.45, 2.75) is 36.6 Å². The van der Waals surface area contributed by atoms with Crippen LogP contribution >= 0.6 is 23.1 Å². The number of likely N-dealkylation sites (N-methyl/N-ethyl adjacent to an activating group) is 1. The van der Waals surface area contributed by atoms with Crippen LogP contribution < -0.4 is 15.8 Å². The van der Waals surface area contributed by atoms with Crippen LogP contribution in [-0.4, -0.2) is 42.2 Å². The van der Waals surface area contributed by atoms with Gasteiger partial charge in [-0.1, -0.05) is 23.9 Å². The second-order valence-corrected chi connectivity index (χ2v) is 13.8. The molecule has 2 aromatic heterocycles. The number of anilines is 1. The second-order valence-electron chi connectivity index (χ2n) is 9.84. The molecule has 2 aliphatic rings. The highest BCUT2D eigenvalue weighted by Crippen LogP contribution is 2.40. The number of pyridine rings is 1. The smallest absolute Gasteiger partial charge is 0.255 e. The Balaban J connectivity index is 1.42. The largest absolute Gasteiger partial charge is 0.383 e. The lowest BCUT2D eigenvalue weighted by atomic mass is 10.1. The van der Waals surface area contributed by atoms with E-state index in [2.05, 4.69) is 15.0 Å². The van der Waals surface area contributed by atoms with Crippen LogP contribution in [0.5, 0.6) is 0 Å². The predicted octanol–water partition coefficient (Wildman–Crippen LogP) is 4.65. The Hall–Kier alpha value is -3.12. The average molecular weight is 554 g/mol. The second kappa shape index (κ2) is 9.32. The third-order valence-electron chi connectivity index (χ3n) is 5.75. The lowest BCUT2D eigenvalue weighted by molar-refractivity contribution is 0.0956. The molecule has 3 aromatic rings. The van der Waals surface area contributed by atoms with Crippen molar-refractivity contribution in [2.75, 3.05) is 12.8 Å². The zero-order valence-corrected chi connectivity index (χ0v) is 23.2. The predicted molar refractivity (Wildman–Crippen MR) is 151 cm³/mol. The van der Waals surface area contributed by atoms with Gasteiger partial charge in [-0.15, -0.1) is 11.3 Å². The summed E-state index contributed by atoms with van der Waals surface area (Å²) in [7, 11) is -1.66. The minimum atomic E-state index is -3.64. The Morgan fingerprint density at radius 1 is 1.19 bits per heavy atom. The summed E-state index contributed by atoms with van der Waals surface area (Å²) in [6.45, 7) is 5.39. The van der Waals surface area contributed by atoms with Gasteiger partial charge in [0.15, 0.2) is 0 Å². The van der Waals surface area contributed by atoms with Crippen LogP contribution in [0.4, 0.5) is 5.82 Å². The summed E-state index contributed by atoms with van der Waals surface area (Å²) in [6, 6.07) is 8.56. The average Bonchev–Trinajstić information content (AvgIpc) is 3.44. The fourth-order valence-corrected chi connectivity index (χ4v) is 7.82. The van der Waals surface area contributed by atoms with Crippen LogP contribution in [0.1, 0.15) is 31.1 Å². The molecule has 37 heavy (non-hydrogen) atoms. The Morgan fingerprint density at radius 3 is 2.59 bits per heavy atom. The first-order valence-corrected chi connectivity index (χ1v) is 14.7. The summed E-state index contributed by atoms with van der Waals surface area (Å²) >= 11 is 3.01. The van der Waals surface area contributed by atoms with E-state index in [1.807, 2.05) is 42.4 Å². The summed E-state index contributed by atoms with van der Waals surface area (Å²) in [5.41, 5.74) is 7.91. The lowest BCUT2D eigenvalue weighted by Gasteiger charge is -2.20. The molecule has 0 bridgehead atoms. The molecule has 4 heterocycles.